The predicted octanol–water partition coefficient (Wildman–Crippen LogP) is 4.98. The largest absolute Gasteiger partial charge is 0.463 e. The van der Waals surface area contributed by atoms with Crippen molar-refractivity contribution < 1.29 is 9.53 Å². The van der Waals surface area contributed by atoms with Crippen LogP contribution in [0.4, 0.5) is 11.5 Å². The molecule has 8 heteroatoms. The molecule has 8 nitrogen and oxygen atoms in total. The Morgan fingerprint density at radius 1 is 0.953 bits per heavy atom. The molecule has 2 saturated heterocycles. The second-order valence-electron chi connectivity index (χ2n) is 13.0. The fourth-order valence-corrected chi connectivity index (χ4v) is 7.29. The molecule has 1 amide bonds. The first-order chi connectivity index (χ1) is 21.0. The number of piperazine rings is 1. The van der Waals surface area contributed by atoms with Crippen LogP contribution in [0.15, 0.2) is 49.1 Å². The van der Waals surface area contributed by atoms with Crippen molar-refractivity contribution in [2.24, 2.45) is 5.41 Å². The summed E-state index contributed by atoms with van der Waals surface area (Å²) in [6, 6.07) is 13.6. The molecule has 3 aromatic rings. The maximum absolute atomic E-state index is 12.2. The Morgan fingerprint density at radius 3 is 2.47 bits per heavy atom. The third-order valence-corrected chi connectivity index (χ3v) is 9.99. The lowest BCUT2D eigenvalue weighted by atomic mass is 9.99. The van der Waals surface area contributed by atoms with Crippen LogP contribution >= 0.6 is 0 Å². The van der Waals surface area contributed by atoms with Gasteiger partial charge < -0.3 is 24.3 Å². The zero-order valence-electron chi connectivity index (χ0n) is 25.6. The van der Waals surface area contributed by atoms with Crippen molar-refractivity contribution in [1.29, 1.82) is 0 Å². The minimum absolute atomic E-state index is 0.00199. The van der Waals surface area contributed by atoms with Crippen LogP contribution in [-0.4, -0.2) is 84.6 Å². The average molecular weight is 581 g/mol. The molecule has 43 heavy (non-hydrogen) atoms. The number of nitrogens with zero attached hydrogens (tertiary/aromatic N) is 6. The van der Waals surface area contributed by atoms with Gasteiger partial charge in [0.25, 0.3) is 0 Å². The molecule has 0 atom stereocenters. The summed E-state index contributed by atoms with van der Waals surface area (Å²) in [6.45, 7) is 14.5. The first-order valence-corrected chi connectivity index (χ1v) is 16.2. The Morgan fingerprint density at radius 2 is 1.72 bits per heavy atom. The molecular weight excluding hydrogens is 536 g/mol. The normalized spacial score (nSPS) is 20.2. The van der Waals surface area contributed by atoms with Crippen LogP contribution in [0.1, 0.15) is 48.9 Å². The quantitative estimate of drug-likeness (QED) is 0.348. The van der Waals surface area contributed by atoms with E-state index in [0.29, 0.717) is 25.7 Å². The molecule has 7 rings (SSSR count). The first kappa shape index (κ1) is 28.1. The Labute approximate surface area is 255 Å². The van der Waals surface area contributed by atoms with Crippen LogP contribution < -0.4 is 14.5 Å². The number of ether oxygens (including phenoxy) is 1. The van der Waals surface area contributed by atoms with Crippen molar-refractivity contribution >= 4 is 28.2 Å². The number of rotatable bonds is 8. The Kier molecular flexibility index (Phi) is 7.72. The molecular formula is C35H44N6O2. The number of carbonyl (C=O) groups excluding carboxylic acids is 1. The number of amides is 1. The summed E-state index contributed by atoms with van der Waals surface area (Å²) < 4.78 is 6.51. The highest BCUT2D eigenvalue weighted by Gasteiger charge is 2.45. The number of aryl methyl sites for hydroxylation is 1. The van der Waals surface area contributed by atoms with E-state index in [0.717, 1.165) is 50.7 Å². The second-order valence-corrected chi connectivity index (χ2v) is 13.0. The van der Waals surface area contributed by atoms with Gasteiger partial charge in [0.2, 0.25) is 5.91 Å². The van der Waals surface area contributed by atoms with Crippen LogP contribution in [0, 0.1) is 12.3 Å². The monoisotopic (exact) mass is 580 g/mol. The fourth-order valence-electron chi connectivity index (χ4n) is 7.29. The van der Waals surface area contributed by atoms with Gasteiger partial charge >= 0.3 is 6.01 Å². The number of carbonyl (C=O) groups is 1. The lowest BCUT2D eigenvalue weighted by Crippen LogP contribution is -2.49. The van der Waals surface area contributed by atoms with E-state index >= 15 is 0 Å². The van der Waals surface area contributed by atoms with E-state index in [2.05, 4.69) is 64.6 Å². The molecule has 4 aliphatic rings. The van der Waals surface area contributed by atoms with Crippen molar-refractivity contribution in [3.05, 3.63) is 65.9 Å². The predicted molar refractivity (Wildman–Crippen MR) is 172 cm³/mol. The van der Waals surface area contributed by atoms with Gasteiger partial charge in [0.05, 0.1) is 18.8 Å². The molecule has 0 unspecified atom stereocenters. The number of likely N-dealkylation sites (tertiary alicyclic amines) is 1. The summed E-state index contributed by atoms with van der Waals surface area (Å²) >= 11 is 0. The van der Waals surface area contributed by atoms with Gasteiger partial charge in [-0.3, -0.25) is 4.79 Å². The van der Waals surface area contributed by atoms with Crippen LogP contribution in [-0.2, 0) is 17.8 Å². The highest BCUT2D eigenvalue weighted by Crippen LogP contribution is 2.47. The molecule has 2 aromatic carbocycles. The summed E-state index contributed by atoms with van der Waals surface area (Å²) in [4.78, 5) is 31.7. The third-order valence-electron chi connectivity index (χ3n) is 9.99. The topological polar surface area (TPSA) is 65.0 Å². The SMILES string of the molecule is C=CC(=O)N1CCN(c2nc(OCC3(CN4CCCCC4)CC3)nc3c2CCN(c2cccc4cccc(C)c24)C3)CC1. The van der Waals surface area contributed by atoms with E-state index in [4.69, 9.17) is 14.7 Å². The maximum atomic E-state index is 12.2. The van der Waals surface area contributed by atoms with Gasteiger partial charge in [-0.1, -0.05) is 43.3 Å². The molecule has 1 aromatic heterocycles. The van der Waals surface area contributed by atoms with E-state index in [1.807, 2.05) is 4.90 Å². The highest BCUT2D eigenvalue weighted by molar-refractivity contribution is 5.97. The molecule has 1 aliphatic carbocycles. The number of fused-ring (bicyclic) bond motifs is 2. The van der Waals surface area contributed by atoms with Gasteiger partial charge in [-0.2, -0.15) is 9.97 Å². The number of benzene rings is 2. The van der Waals surface area contributed by atoms with E-state index in [9.17, 15) is 4.79 Å². The lowest BCUT2D eigenvalue weighted by Gasteiger charge is -2.38. The van der Waals surface area contributed by atoms with Crippen molar-refractivity contribution in [3.8, 4) is 6.01 Å². The average Bonchev–Trinajstić information content (AvgIpc) is 3.82. The van der Waals surface area contributed by atoms with Gasteiger partial charge in [-0.25, -0.2) is 0 Å². The number of piperidine rings is 1. The maximum Gasteiger partial charge on any atom is 0.318 e. The molecule has 1 saturated carbocycles. The third kappa shape index (κ3) is 5.81. The van der Waals surface area contributed by atoms with E-state index < -0.39 is 0 Å². The molecule has 226 valence electrons. The Balaban J connectivity index is 1.16. The standard InChI is InChI=1S/C35H44N6O2/c1-3-31(42)39-19-21-40(22-20-39)33-28-13-18-41(30-12-8-11-27-10-7-9-26(2)32(27)30)23-29(28)36-34(37-33)43-25-35(14-15-35)24-38-16-5-4-6-17-38/h3,7-12H,1,4-6,13-25H2,2H3. The summed E-state index contributed by atoms with van der Waals surface area (Å²) in [5.41, 5.74) is 5.07. The Hall–Kier alpha value is -3.65. The summed E-state index contributed by atoms with van der Waals surface area (Å²) in [5.74, 6) is 0.984. The highest BCUT2D eigenvalue weighted by atomic mass is 16.5. The molecule has 0 N–H and O–H groups in total. The van der Waals surface area contributed by atoms with Crippen LogP contribution in [0.2, 0.25) is 0 Å². The zero-order chi connectivity index (χ0) is 29.4. The van der Waals surface area contributed by atoms with Gasteiger partial charge in [-0.05, 0) is 75.2 Å². The number of hydrogen-bond acceptors (Lipinski definition) is 7. The minimum atomic E-state index is -0.00199. The smallest absolute Gasteiger partial charge is 0.318 e. The van der Waals surface area contributed by atoms with Gasteiger partial charge in [0, 0.05) is 61.3 Å². The molecule has 0 radical (unpaired) electrons. The van der Waals surface area contributed by atoms with Gasteiger partial charge in [0.15, 0.2) is 0 Å². The molecule has 4 heterocycles. The van der Waals surface area contributed by atoms with E-state index in [1.54, 1.807) is 0 Å². The summed E-state index contributed by atoms with van der Waals surface area (Å²) in [5, 5.41) is 2.58. The van der Waals surface area contributed by atoms with Crippen molar-refractivity contribution in [3.63, 3.8) is 0 Å². The summed E-state index contributed by atoms with van der Waals surface area (Å²) in [7, 11) is 0. The lowest BCUT2D eigenvalue weighted by molar-refractivity contribution is -0.126. The van der Waals surface area contributed by atoms with Crippen molar-refractivity contribution in [1.82, 2.24) is 19.8 Å². The van der Waals surface area contributed by atoms with E-state index in [-0.39, 0.29) is 11.3 Å². The molecule has 3 aliphatic heterocycles. The molecule has 3 fully saturated rings. The van der Waals surface area contributed by atoms with E-state index in [1.165, 1.54) is 78.9 Å². The molecule has 0 bridgehead atoms. The fraction of sp³-hybridized carbons (Fsp3) is 0.514. The number of aromatic nitrogens is 2. The van der Waals surface area contributed by atoms with Crippen LogP contribution in [0.25, 0.3) is 10.8 Å². The number of hydrogen-bond donors (Lipinski definition) is 0. The van der Waals surface area contributed by atoms with Crippen LogP contribution in [0.3, 0.4) is 0 Å². The second kappa shape index (κ2) is 11.8. The zero-order valence-corrected chi connectivity index (χ0v) is 25.6. The minimum Gasteiger partial charge on any atom is -0.463 e. The summed E-state index contributed by atoms with van der Waals surface area (Å²) in [6.07, 6.45) is 8.70. The first-order valence-electron chi connectivity index (χ1n) is 16.2. The van der Waals surface area contributed by atoms with Gasteiger partial charge in [-0.15, -0.1) is 0 Å². The van der Waals surface area contributed by atoms with Crippen LogP contribution in [0.5, 0.6) is 6.01 Å². The molecule has 0 spiro atoms. The Bertz CT molecular complexity index is 1500. The van der Waals surface area contributed by atoms with Gasteiger partial charge in [0.1, 0.15) is 5.82 Å². The van der Waals surface area contributed by atoms with Crippen molar-refractivity contribution in [2.45, 2.75) is 52.0 Å². The van der Waals surface area contributed by atoms with Crippen molar-refractivity contribution in [2.75, 3.05) is 68.8 Å². The number of anilines is 2.